The van der Waals surface area contributed by atoms with Gasteiger partial charge >= 0.3 is 6.01 Å². The van der Waals surface area contributed by atoms with Crippen molar-refractivity contribution in [1.82, 2.24) is 14.9 Å². The van der Waals surface area contributed by atoms with E-state index in [0.29, 0.717) is 18.4 Å². The molecule has 2 aromatic rings. The van der Waals surface area contributed by atoms with Crippen LogP contribution in [0, 0.1) is 0 Å². The third-order valence-corrected chi connectivity index (χ3v) is 5.47. The number of anilines is 1. The van der Waals surface area contributed by atoms with E-state index < -0.39 is 0 Å². The standard InChI is InChI=1S/C22H28N4O/c1-3-4-11-27-22-24-20-17(7-8-19(20)21(23)25-22)12-15-5-6-16-9-10-26(2)14-18(16)13-15/h5-7,13H,3-4,8-12,14H2,1-2H3,(H2,23,24,25). The van der Waals surface area contributed by atoms with Crippen LogP contribution in [0.2, 0.25) is 0 Å². The Bertz CT molecular complexity index is 875. The molecule has 142 valence electrons. The van der Waals surface area contributed by atoms with Gasteiger partial charge in [0.15, 0.2) is 0 Å². The van der Waals surface area contributed by atoms with E-state index in [1.54, 1.807) is 0 Å². The van der Waals surface area contributed by atoms with Crippen LogP contribution in [0.25, 0.3) is 5.57 Å². The predicted octanol–water partition coefficient (Wildman–Crippen LogP) is 3.41. The van der Waals surface area contributed by atoms with Crippen LogP contribution in [-0.2, 0) is 25.8 Å². The second-order valence-corrected chi connectivity index (χ2v) is 7.62. The van der Waals surface area contributed by atoms with Crippen LogP contribution >= 0.6 is 0 Å². The Labute approximate surface area is 161 Å². The van der Waals surface area contributed by atoms with Crippen molar-refractivity contribution in [3.05, 3.63) is 52.2 Å². The van der Waals surface area contributed by atoms with Crippen LogP contribution in [0.3, 0.4) is 0 Å². The van der Waals surface area contributed by atoms with Gasteiger partial charge in [-0.2, -0.15) is 9.97 Å². The monoisotopic (exact) mass is 364 g/mol. The highest BCUT2D eigenvalue weighted by molar-refractivity contribution is 5.75. The Morgan fingerprint density at radius 2 is 2.11 bits per heavy atom. The van der Waals surface area contributed by atoms with Crippen LogP contribution in [0.5, 0.6) is 6.01 Å². The summed E-state index contributed by atoms with van der Waals surface area (Å²) in [5, 5.41) is 0. The summed E-state index contributed by atoms with van der Waals surface area (Å²) >= 11 is 0. The van der Waals surface area contributed by atoms with Crippen LogP contribution in [-0.4, -0.2) is 35.1 Å². The van der Waals surface area contributed by atoms with E-state index in [0.717, 1.165) is 56.5 Å². The molecule has 0 saturated heterocycles. The normalized spacial score (nSPS) is 16.0. The van der Waals surface area contributed by atoms with Gasteiger partial charge in [0.25, 0.3) is 0 Å². The third-order valence-electron chi connectivity index (χ3n) is 5.47. The largest absolute Gasteiger partial charge is 0.463 e. The number of nitrogens with two attached hydrogens (primary N) is 1. The van der Waals surface area contributed by atoms with Crippen molar-refractivity contribution in [2.24, 2.45) is 0 Å². The van der Waals surface area contributed by atoms with E-state index in [-0.39, 0.29) is 0 Å². The lowest BCUT2D eigenvalue weighted by molar-refractivity contribution is 0.285. The minimum atomic E-state index is 0.402. The van der Waals surface area contributed by atoms with Crippen LogP contribution in [0.4, 0.5) is 5.82 Å². The number of benzene rings is 1. The van der Waals surface area contributed by atoms with E-state index in [1.165, 1.54) is 22.3 Å². The fourth-order valence-electron chi connectivity index (χ4n) is 3.88. The number of nitrogen functional groups attached to an aromatic ring is 1. The van der Waals surface area contributed by atoms with Gasteiger partial charge in [-0.1, -0.05) is 37.6 Å². The van der Waals surface area contributed by atoms with Gasteiger partial charge in [-0.05, 0) is 55.0 Å². The maximum Gasteiger partial charge on any atom is 0.318 e. The first kappa shape index (κ1) is 18.0. The molecule has 4 rings (SSSR count). The van der Waals surface area contributed by atoms with Crippen molar-refractivity contribution in [3.8, 4) is 6.01 Å². The zero-order valence-electron chi connectivity index (χ0n) is 16.3. The molecule has 2 heterocycles. The first-order chi connectivity index (χ1) is 13.1. The number of unbranched alkanes of at least 4 members (excludes halogenated alkanes) is 1. The van der Waals surface area contributed by atoms with Gasteiger partial charge in [-0.15, -0.1) is 0 Å². The smallest absolute Gasteiger partial charge is 0.318 e. The minimum Gasteiger partial charge on any atom is -0.463 e. The zero-order valence-corrected chi connectivity index (χ0v) is 16.3. The van der Waals surface area contributed by atoms with Crippen LogP contribution in [0.1, 0.15) is 47.7 Å². The highest BCUT2D eigenvalue weighted by atomic mass is 16.5. The fraction of sp³-hybridized carbons (Fsp3) is 0.455. The van der Waals surface area contributed by atoms with E-state index in [4.69, 9.17) is 10.5 Å². The number of nitrogens with zero attached hydrogens (tertiary/aromatic N) is 3. The number of likely N-dealkylation sites (N-methyl/N-ethyl adjacent to an activating group) is 1. The molecule has 0 saturated carbocycles. The molecule has 1 aliphatic heterocycles. The Morgan fingerprint density at radius 3 is 2.96 bits per heavy atom. The van der Waals surface area contributed by atoms with Gasteiger partial charge in [-0.25, -0.2) is 0 Å². The Morgan fingerprint density at radius 1 is 1.22 bits per heavy atom. The fourth-order valence-corrected chi connectivity index (χ4v) is 3.88. The average molecular weight is 364 g/mol. The van der Waals surface area contributed by atoms with Gasteiger partial charge in [0.05, 0.1) is 12.3 Å². The van der Waals surface area contributed by atoms with Crippen LogP contribution < -0.4 is 10.5 Å². The molecule has 0 bridgehead atoms. The van der Waals surface area contributed by atoms with E-state index in [9.17, 15) is 0 Å². The summed E-state index contributed by atoms with van der Waals surface area (Å²) < 4.78 is 5.70. The molecule has 0 radical (unpaired) electrons. The summed E-state index contributed by atoms with van der Waals surface area (Å²) in [5.74, 6) is 0.546. The molecule has 0 unspecified atom stereocenters. The maximum atomic E-state index is 6.17. The molecular weight excluding hydrogens is 336 g/mol. The number of allylic oxidation sites excluding steroid dienone is 2. The van der Waals surface area contributed by atoms with Gasteiger partial charge in [0.1, 0.15) is 5.82 Å². The Hall–Kier alpha value is -2.40. The Balaban J connectivity index is 1.55. The molecule has 27 heavy (non-hydrogen) atoms. The van der Waals surface area contributed by atoms with Crippen LogP contribution in [0.15, 0.2) is 24.3 Å². The molecule has 1 aromatic heterocycles. The van der Waals surface area contributed by atoms with Crippen molar-refractivity contribution in [3.63, 3.8) is 0 Å². The van der Waals surface area contributed by atoms with Gasteiger partial charge in [-0.3, -0.25) is 0 Å². The number of aromatic nitrogens is 2. The number of fused-ring (bicyclic) bond motifs is 2. The molecule has 1 aromatic carbocycles. The Kier molecular flexibility index (Phi) is 5.12. The molecule has 0 spiro atoms. The van der Waals surface area contributed by atoms with Gasteiger partial charge < -0.3 is 15.4 Å². The van der Waals surface area contributed by atoms with Crippen molar-refractivity contribution in [2.45, 2.75) is 45.6 Å². The highest BCUT2D eigenvalue weighted by Crippen LogP contribution is 2.33. The first-order valence-corrected chi connectivity index (χ1v) is 9.92. The summed E-state index contributed by atoms with van der Waals surface area (Å²) in [5.41, 5.74) is 13.6. The molecule has 0 amide bonds. The number of rotatable bonds is 6. The second kappa shape index (κ2) is 7.69. The summed E-state index contributed by atoms with van der Waals surface area (Å²) in [6, 6.07) is 7.31. The van der Waals surface area contributed by atoms with E-state index in [2.05, 4.69) is 53.1 Å². The molecule has 5 heteroatoms. The van der Waals surface area contributed by atoms with Crippen molar-refractivity contribution < 1.29 is 4.74 Å². The zero-order chi connectivity index (χ0) is 18.8. The predicted molar refractivity (Wildman–Crippen MR) is 109 cm³/mol. The quantitative estimate of drug-likeness (QED) is 0.796. The summed E-state index contributed by atoms with van der Waals surface area (Å²) in [6.45, 7) is 4.94. The minimum absolute atomic E-state index is 0.402. The number of ether oxygens (including phenoxy) is 1. The topological polar surface area (TPSA) is 64.3 Å². The van der Waals surface area contributed by atoms with E-state index in [1.807, 2.05) is 0 Å². The molecule has 0 atom stereocenters. The molecule has 5 nitrogen and oxygen atoms in total. The molecule has 1 aliphatic carbocycles. The van der Waals surface area contributed by atoms with E-state index >= 15 is 0 Å². The lowest BCUT2D eigenvalue weighted by Gasteiger charge is -2.25. The second-order valence-electron chi connectivity index (χ2n) is 7.62. The third kappa shape index (κ3) is 3.83. The maximum absolute atomic E-state index is 6.17. The van der Waals surface area contributed by atoms with Gasteiger partial charge in [0, 0.05) is 18.7 Å². The summed E-state index contributed by atoms with van der Waals surface area (Å²) in [4.78, 5) is 11.4. The highest BCUT2D eigenvalue weighted by Gasteiger charge is 2.22. The molecular formula is C22H28N4O. The molecule has 2 N–H and O–H groups in total. The van der Waals surface area contributed by atoms with Crippen molar-refractivity contribution in [1.29, 1.82) is 0 Å². The lowest BCUT2D eigenvalue weighted by Crippen LogP contribution is -2.26. The van der Waals surface area contributed by atoms with Gasteiger partial charge in [0.2, 0.25) is 0 Å². The molecule has 2 aliphatic rings. The molecule has 0 fully saturated rings. The van der Waals surface area contributed by atoms with Crippen molar-refractivity contribution >= 4 is 11.4 Å². The first-order valence-electron chi connectivity index (χ1n) is 9.92. The number of hydrogen-bond donors (Lipinski definition) is 1. The average Bonchev–Trinajstić information content (AvgIpc) is 3.05. The van der Waals surface area contributed by atoms with Crippen molar-refractivity contribution in [2.75, 3.05) is 25.9 Å². The summed E-state index contributed by atoms with van der Waals surface area (Å²) in [6.07, 6.45) is 7.12. The summed E-state index contributed by atoms with van der Waals surface area (Å²) in [7, 11) is 2.19. The number of hydrogen-bond acceptors (Lipinski definition) is 5. The lowest BCUT2D eigenvalue weighted by atomic mass is 9.95. The SMILES string of the molecule is CCCCOc1nc(N)c2c(n1)C(Cc1ccc3c(c1)CN(C)CC3)=CC2.